The summed E-state index contributed by atoms with van der Waals surface area (Å²) in [7, 11) is 1.60. The van der Waals surface area contributed by atoms with Crippen LogP contribution in [-0.4, -0.2) is 42.2 Å². The fourth-order valence-corrected chi connectivity index (χ4v) is 2.24. The molecule has 0 aliphatic carbocycles. The molecule has 4 heteroatoms. The van der Waals surface area contributed by atoms with Crippen LogP contribution in [0, 0.1) is 5.41 Å². The third-order valence-corrected chi connectivity index (χ3v) is 3.95. The summed E-state index contributed by atoms with van der Waals surface area (Å²) in [4.78, 5) is 14.0. The average Bonchev–Trinajstić information content (AvgIpc) is 2.41. The minimum atomic E-state index is -0.469. The van der Waals surface area contributed by atoms with Crippen LogP contribution in [0.1, 0.15) is 30.6 Å². The first-order valence-electron chi connectivity index (χ1n) is 6.55. The molecule has 1 fully saturated rings. The number of aliphatic hydroxyl groups excluding tert-OH is 1. The molecule has 1 aliphatic rings. The number of hydrogen-bond donors (Lipinski definition) is 1. The molecule has 0 spiro atoms. The Morgan fingerprint density at radius 2 is 2.00 bits per heavy atom. The molecule has 1 N–H and O–H groups in total. The van der Waals surface area contributed by atoms with Crippen molar-refractivity contribution in [2.24, 2.45) is 5.41 Å². The third kappa shape index (κ3) is 2.89. The zero-order chi connectivity index (χ0) is 14.0. The van der Waals surface area contributed by atoms with Gasteiger partial charge in [0, 0.05) is 18.7 Å². The van der Waals surface area contributed by atoms with E-state index in [0.29, 0.717) is 18.7 Å². The summed E-state index contributed by atoms with van der Waals surface area (Å²) in [5.74, 6) is 0.702. The van der Waals surface area contributed by atoms with E-state index in [9.17, 15) is 9.90 Å². The van der Waals surface area contributed by atoms with Crippen molar-refractivity contribution < 1.29 is 14.6 Å². The molecule has 0 aromatic heterocycles. The number of carbonyl (C=O) groups is 1. The molecule has 19 heavy (non-hydrogen) atoms. The lowest BCUT2D eigenvalue weighted by Gasteiger charge is -2.41. The molecule has 1 amide bonds. The minimum Gasteiger partial charge on any atom is -0.497 e. The molecule has 2 rings (SSSR count). The summed E-state index contributed by atoms with van der Waals surface area (Å²) in [5, 5.41) is 10.1. The lowest BCUT2D eigenvalue weighted by molar-refractivity contribution is -0.0190. The van der Waals surface area contributed by atoms with Gasteiger partial charge >= 0.3 is 0 Å². The summed E-state index contributed by atoms with van der Waals surface area (Å²) < 4.78 is 5.07. The normalized spacial score (nSPS) is 22.1. The number of rotatable bonds is 2. The van der Waals surface area contributed by atoms with Crippen molar-refractivity contribution in [1.29, 1.82) is 0 Å². The van der Waals surface area contributed by atoms with E-state index in [1.807, 2.05) is 13.8 Å². The van der Waals surface area contributed by atoms with Crippen LogP contribution >= 0.6 is 0 Å². The van der Waals surface area contributed by atoms with Gasteiger partial charge in [0.1, 0.15) is 5.75 Å². The predicted molar refractivity (Wildman–Crippen MR) is 73.3 cm³/mol. The second-order valence-corrected chi connectivity index (χ2v) is 5.73. The molecule has 1 aromatic rings. The Balaban J connectivity index is 2.08. The first-order valence-corrected chi connectivity index (χ1v) is 6.55. The Labute approximate surface area is 114 Å². The number of benzene rings is 1. The maximum absolute atomic E-state index is 12.3. The van der Waals surface area contributed by atoms with E-state index in [4.69, 9.17) is 4.74 Å². The number of likely N-dealkylation sites (tertiary alicyclic amines) is 1. The lowest BCUT2D eigenvalue weighted by atomic mass is 9.80. The highest BCUT2D eigenvalue weighted by Gasteiger charge is 2.36. The molecular weight excluding hydrogens is 242 g/mol. The zero-order valence-electron chi connectivity index (χ0n) is 11.7. The summed E-state index contributed by atoms with van der Waals surface area (Å²) >= 11 is 0. The van der Waals surface area contributed by atoms with Gasteiger partial charge in [-0.1, -0.05) is 13.8 Å². The van der Waals surface area contributed by atoms with Crippen molar-refractivity contribution in [3.8, 4) is 5.75 Å². The summed E-state index contributed by atoms with van der Waals surface area (Å²) in [6, 6.07) is 7.07. The van der Waals surface area contributed by atoms with E-state index in [2.05, 4.69) is 0 Å². The largest absolute Gasteiger partial charge is 0.497 e. The first-order chi connectivity index (χ1) is 8.94. The molecule has 4 nitrogen and oxygen atoms in total. The van der Waals surface area contributed by atoms with Crippen molar-refractivity contribution in [2.75, 3.05) is 20.2 Å². The quantitative estimate of drug-likeness (QED) is 0.887. The van der Waals surface area contributed by atoms with Crippen molar-refractivity contribution >= 4 is 5.91 Å². The van der Waals surface area contributed by atoms with Gasteiger partial charge in [0.2, 0.25) is 0 Å². The van der Waals surface area contributed by atoms with Gasteiger partial charge in [0.25, 0.3) is 5.91 Å². The zero-order valence-corrected chi connectivity index (χ0v) is 11.7. The average molecular weight is 263 g/mol. The number of hydrogen-bond acceptors (Lipinski definition) is 3. The summed E-state index contributed by atoms with van der Waals surface area (Å²) in [5.41, 5.74) is 0.518. The molecule has 0 radical (unpaired) electrons. The lowest BCUT2D eigenvalue weighted by Crippen LogP contribution is -2.50. The molecular formula is C15H21NO3. The van der Waals surface area contributed by atoms with Crippen LogP contribution in [0.5, 0.6) is 5.75 Å². The van der Waals surface area contributed by atoms with Gasteiger partial charge in [-0.15, -0.1) is 0 Å². The minimum absolute atomic E-state index is 0.0304. The second kappa shape index (κ2) is 5.21. The summed E-state index contributed by atoms with van der Waals surface area (Å²) in [6.07, 6.45) is 0.347. The van der Waals surface area contributed by atoms with E-state index in [1.165, 1.54) is 0 Å². The predicted octanol–water partition coefficient (Wildman–Crippen LogP) is 1.93. The number of methoxy groups -OCH3 is 1. The summed E-state index contributed by atoms with van der Waals surface area (Å²) in [6.45, 7) is 5.16. The van der Waals surface area contributed by atoms with E-state index >= 15 is 0 Å². The highest BCUT2D eigenvalue weighted by atomic mass is 16.5. The molecule has 1 aliphatic heterocycles. The van der Waals surface area contributed by atoms with E-state index in [1.54, 1.807) is 36.3 Å². The standard InChI is InChI=1S/C15H21NO3/c1-15(2)8-9-16(10-13(15)17)14(18)11-4-6-12(19-3)7-5-11/h4-7,13,17H,8-10H2,1-3H3. The van der Waals surface area contributed by atoms with Gasteiger partial charge in [-0.05, 0) is 36.1 Å². The second-order valence-electron chi connectivity index (χ2n) is 5.73. The van der Waals surface area contributed by atoms with Gasteiger partial charge in [-0.25, -0.2) is 0 Å². The van der Waals surface area contributed by atoms with Crippen LogP contribution in [0.3, 0.4) is 0 Å². The van der Waals surface area contributed by atoms with Gasteiger partial charge in [0.15, 0.2) is 0 Å². The number of aliphatic hydroxyl groups is 1. The fourth-order valence-electron chi connectivity index (χ4n) is 2.24. The number of amides is 1. The maximum atomic E-state index is 12.3. The number of carbonyl (C=O) groups excluding carboxylic acids is 1. The smallest absolute Gasteiger partial charge is 0.253 e. The topological polar surface area (TPSA) is 49.8 Å². The molecule has 1 atom stereocenters. The van der Waals surface area contributed by atoms with Crippen molar-refractivity contribution in [3.05, 3.63) is 29.8 Å². The number of ether oxygens (including phenoxy) is 1. The van der Waals surface area contributed by atoms with Crippen molar-refractivity contribution in [2.45, 2.75) is 26.4 Å². The Hall–Kier alpha value is -1.55. The van der Waals surface area contributed by atoms with E-state index in [-0.39, 0.29) is 11.3 Å². The van der Waals surface area contributed by atoms with Gasteiger partial charge in [-0.3, -0.25) is 4.79 Å². The van der Waals surface area contributed by atoms with Crippen molar-refractivity contribution in [3.63, 3.8) is 0 Å². The Morgan fingerprint density at radius 1 is 1.37 bits per heavy atom. The highest BCUT2D eigenvalue weighted by molar-refractivity contribution is 5.94. The van der Waals surface area contributed by atoms with Crippen LogP contribution < -0.4 is 4.74 Å². The Morgan fingerprint density at radius 3 is 2.53 bits per heavy atom. The maximum Gasteiger partial charge on any atom is 0.253 e. The van der Waals surface area contributed by atoms with Crippen molar-refractivity contribution in [1.82, 2.24) is 4.90 Å². The number of nitrogens with zero attached hydrogens (tertiary/aromatic N) is 1. The molecule has 1 unspecified atom stereocenters. The first kappa shape index (κ1) is 13.9. The molecule has 104 valence electrons. The fraction of sp³-hybridized carbons (Fsp3) is 0.533. The molecule has 0 saturated carbocycles. The van der Waals surface area contributed by atoms with Gasteiger partial charge in [0.05, 0.1) is 13.2 Å². The highest BCUT2D eigenvalue weighted by Crippen LogP contribution is 2.31. The Kier molecular flexibility index (Phi) is 3.80. The Bertz CT molecular complexity index is 453. The van der Waals surface area contributed by atoms with E-state index in [0.717, 1.165) is 12.2 Å². The van der Waals surface area contributed by atoms with Crippen LogP contribution in [0.25, 0.3) is 0 Å². The van der Waals surface area contributed by atoms with Crippen LogP contribution in [0.15, 0.2) is 24.3 Å². The SMILES string of the molecule is COc1ccc(C(=O)N2CCC(C)(C)C(O)C2)cc1. The third-order valence-electron chi connectivity index (χ3n) is 3.95. The van der Waals surface area contributed by atoms with E-state index < -0.39 is 6.10 Å². The van der Waals surface area contributed by atoms with Crippen LogP contribution in [0.4, 0.5) is 0 Å². The molecule has 0 bridgehead atoms. The van der Waals surface area contributed by atoms with Crippen LogP contribution in [0.2, 0.25) is 0 Å². The molecule has 1 heterocycles. The van der Waals surface area contributed by atoms with Crippen LogP contribution in [-0.2, 0) is 0 Å². The number of β-amino-alcohol motifs (C(OH)–C–C–N with tert-alkyl or cyclic N) is 1. The monoisotopic (exact) mass is 263 g/mol. The van der Waals surface area contributed by atoms with Gasteiger partial charge in [-0.2, -0.15) is 0 Å². The molecule has 1 saturated heterocycles. The van der Waals surface area contributed by atoms with Gasteiger partial charge < -0.3 is 14.7 Å². The number of piperidine rings is 1. The molecule has 1 aromatic carbocycles.